The first kappa shape index (κ1) is 19.5. The highest BCUT2D eigenvalue weighted by molar-refractivity contribution is 6.30. The zero-order valence-corrected chi connectivity index (χ0v) is 15.5. The van der Waals surface area contributed by atoms with E-state index in [1.165, 1.54) is 0 Å². The van der Waals surface area contributed by atoms with Gasteiger partial charge in [0.05, 0.1) is 6.10 Å². The fourth-order valence-corrected chi connectivity index (χ4v) is 3.67. The molecule has 0 aliphatic carbocycles. The second-order valence-electron chi connectivity index (χ2n) is 6.86. The maximum Gasteiger partial charge on any atom is 0.137 e. The maximum atomic E-state index is 11.0. The van der Waals surface area contributed by atoms with Crippen LogP contribution >= 0.6 is 11.6 Å². The number of aliphatic hydroxyl groups is 2. The third-order valence-electron chi connectivity index (χ3n) is 4.83. The summed E-state index contributed by atoms with van der Waals surface area (Å²) in [6, 6.07) is 7.57. The van der Waals surface area contributed by atoms with Gasteiger partial charge in [-0.2, -0.15) is 0 Å². The van der Waals surface area contributed by atoms with Gasteiger partial charge in [-0.05, 0) is 37.5 Å². The number of halogens is 1. The second-order valence-corrected chi connectivity index (χ2v) is 7.29. The summed E-state index contributed by atoms with van der Waals surface area (Å²) in [6.45, 7) is 5.71. The molecule has 4 nitrogen and oxygen atoms in total. The molecule has 2 rings (SSSR count). The molecule has 136 valence electrons. The number of hydrogen-bond donors (Lipinski definition) is 2. The highest BCUT2D eigenvalue weighted by Gasteiger charge is 2.43. The Labute approximate surface area is 150 Å². The summed E-state index contributed by atoms with van der Waals surface area (Å²) >= 11 is 5.96. The van der Waals surface area contributed by atoms with Crippen LogP contribution in [-0.2, 0) is 0 Å². The van der Waals surface area contributed by atoms with Gasteiger partial charge in [0.2, 0.25) is 0 Å². The van der Waals surface area contributed by atoms with E-state index in [9.17, 15) is 10.2 Å². The summed E-state index contributed by atoms with van der Waals surface area (Å²) in [5.74, 6) is 0.610. The van der Waals surface area contributed by atoms with Crippen LogP contribution < -0.4 is 4.74 Å². The van der Waals surface area contributed by atoms with Gasteiger partial charge in [0, 0.05) is 24.2 Å². The monoisotopic (exact) mass is 355 g/mol. The van der Waals surface area contributed by atoms with Crippen LogP contribution in [0.5, 0.6) is 5.75 Å². The van der Waals surface area contributed by atoms with Gasteiger partial charge in [0.25, 0.3) is 0 Å². The summed E-state index contributed by atoms with van der Waals surface area (Å²) < 4.78 is 5.73. The molecule has 0 spiro atoms. The van der Waals surface area contributed by atoms with E-state index in [1.807, 2.05) is 6.07 Å². The number of nitrogens with zero attached hydrogens (tertiary/aromatic N) is 1. The first-order chi connectivity index (χ1) is 11.5. The fourth-order valence-electron chi connectivity index (χ4n) is 3.49. The SMILES string of the molecule is CCCC(CCC)N1CC[C@H](O)[C@@](O)(COc2cccc(Cl)c2)C1. The molecular formula is C19H30ClNO3. The van der Waals surface area contributed by atoms with Crippen LogP contribution in [0.1, 0.15) is 46.0 Å². The lowest BCUT2D eigenvalue weighted by atomic mass is 9.88. The minimum absolute atomic E-state index is 0.0655. The van der Waals surface area contributed by atoms with Gasteiger partial charge in [-0.1, -0.05) is 44.4 Å². The Bertz CT molecular complexity index is 507. The Morgan fingerprint density at radius 2 is 2.04 bits per heavy atom. The van der Waals surface area contributed by atoms with Crippen LogP contribution in [0.2, 0.25) is 5.02 Å². The van der Waals surface area contributed by atoms with Crippen LogP contribution in [0.4, 0.5) is 0 Å². The Morgan fingerprint density at radius 3 is 2.67 bits per heavy atom. The summed E-state index contributed by atoms with van der Waals surface area (Å²) in [5, 5.41) is 21.9. The van der Waals surface area contributed by atoms with Crippen molar-refractivity contribution >= 4 is 11.6 Å². The fraction of sp³-hybridized carbons (Fsp3) is 0.684. The zero-order valence-electron chi connectivity index (χ0n) is 14.7. The molecule has 1 aliphatic rings. The van der Waals surface area contributed by atoms with Gasteiger partial charge in [0.15, 0.2) is 0 Å². The average molecular weight is 356 g/mol. The lowest BCUT2D eigenvalue weighted by Gasteiger charge is -2.45. The van der Waals surface area contributed by atoms with E-state index >= 15 is 0 Å². The number of hydrogen-bond acceptors (Lipinski definition) is 4. The summed E-state index contributed by atoms with van der Waals surface area (Å²) in [5.41, 5.74) is -1.25. The predicted octanol–water partition coefficient (Wildman–Crippen LogP) is 3.49. The number of benzene rings is 1. The molecule has 0 amide bonds. The predicted molar refractivity (Wildman–Crippen MR) is 97.7 cm³/mol. The van der Waals surface area contributed by atoms with Gasteiger partial charge >= 0.3 is 0 Å². The first-order valence-electron chi connectivity index (χ1n) is 9.01. The van der Waals surface area contributed by atoms with Crippen molar-refractivity contribution < 1.29 is 14.9 Å². The molecule has 1 aromatic rings. The van der Waals surface area contributed by atoms with Crippen LogP contribution in [0.15, 0.2) is 24.3 Å². The summed E-state index contributed by atoms with van der Waals surface area (Å²) in [6.07, 6.45) is 4.29. The largest absolute Gasteiger partial charge is 0.490 e. The van der Waals surface area contributed by atoms with Crippen LogP contribution in [0, 0.1) is 0 Å². The third-order valence-corrected chi connectivity index (χ3v) is 5.07. The van der Waals surface area contributed by atoms with E-state index in [2.05, 4.69) is 18.7 Å². The molecule has 24 heavy (non-hydrogen) atoms. The molecule has 1 aliphatic heterocycles. The molecule has 1 heterocycles. The molecule has 1 fully saturated rings. The molecule has 2 N–H and O–H groups in total. The number of aliphatic hydroxyl groups excluding tert-OH is 1. The minimum atomic E-state index is -1.25. The van der Waals surface area contributed by atoms with Crippen molar-refractivity contribution in [3.63, 3.8) is 0 Å². The lowest BCUT2D eigenvalue weighted by molar-refractivity contribution is -0.146. The Hall–Kier alpha value is -0.810. The van der Waals surface area contributed by atoms with Gasteiger partial charge in [-0.3, -0.25) is 4.90 Å². The second kappa shape index (κ2) is 9.04. The van der Waals surface area contributed by atoms with Crippen molar-refractivity contribution in [1.82, 2.24) is 4.90 Å². The van der Waals surface area contributed by atoms with Crippen molar-refractivity contribution in [1.29, 1.82) is 0 Å². The molecule has 5 heteroatoms. The first-order valence-corrected chi connectivity index (χ1v) is 9.39. The molecule has 2 atom stereocenters. The zero-order chi connectivity index (χ0) is 17.6. The quantitative estimate of drug-likeness (QED) is 0.749. The number of piperidine rings is 1. The molecule has 0 bridgehead atoms. The molecule has 0 unspecified atom stereocenters. The van der Waals surface area contributed by atoms with Crippen molar-refractivity contribution in [2.45, 2.75) is 63.7 Å². The van der Waals surface area contributed by atoms with E-state index in [0.29, 0.717) is 29.8 Å². The normalized spacial score (nSPS) is 25.2. The molecule has 0 aromatic heterocycles. The molecule has 0 saturated carbocycles. The molecule has 0 radical (unpaired) electrons. The van der Waals surface area contributed by atoms with E-state index < -0.39 is 11.7 Å². The van der Waals surface area contributed by atoms with E-state index in [-0.39, 0.29) is 6.61 Å². The summed E-state index contributed by atoms with van der Waals surface area (Å²) in [4.78, 5) is 2.32. The third kappa shape index (κ3) is 5.09. The van der Waals surface area contributed by atoms with Crippen molar-refractivity contribution in [3.05, 3.63) is 29.3 Å². The number of rotatable bonds is 8. The molecule has 1 aromatic carbocycles. The van der Waals surface area contributed by atoms with E-state index in [4.69, 9.17) is 16.3 Å². The average Bonchev–Trinajstić information content (AvgIpc) is 2.56. The van der Waals surface area contributed by atoms with E-state index in [1.54, 1.807) is 18.2 Å². The van der Waals surface area contributed by atoms with Gasteiger partial charge in [0.1, 0.15) is 18.0 Å². The molecule has 1 saturated heterocycles. The van der Waals surface area contributed by atoms with Crippen LogP contribution in [0.3, 0.4) is 0 Å². The maximum absolute atomic E-state index is 11.0. The van der Waals surface area contributed by atoms with Crippen molar-refractivity contribution in [3.8, 4) is 5.75 Å². The number of likely N-dealkylation sites (tertiary alicyclic amines) is 1. The number of ether oxygens (including phenoxy) is 1. The van der Waals surface area contributed by atoms with Gasteiger partial charge in [-0.15, -0.1) is 0 Å². The topological polar surface area (TPSA) is 52.9 Å². The van der Waals surface area contributed by atoms with E-state index in [0.717, 1.165) is 32.2 Å². The van der Waals surface area contributed by atoms with Crippen LogP contribution in [-0.4, -0.2) is 52.6 Å². The van der Waals surface area contributed by atoms with Gasteiger partial charge in [-0.25, -0.2) is 0 Å². The Kier molecular flexibility index (Phi) is 7.35. The Morgan fingerprint density at radius 1 is 1.33 bits per heavy atom. The Balaban J connectivity index is 2.02. The highest BCUT2D eigenvalue weighted by Crippen LogP contribution is 2.28. The molecular weight excluding hydrogens is 326 g/mol. The smallest absolute Gasteiger partial charge is 0.137 e. The summed E-state index contributed by atoms with van der Waals surface area (Å²) in [7, 11) is 0. The van der Waals surface area contributed by atoms with Crippen molar-refractivity contribution in [2.75, 3.05) is 19.7 Å². The minimum Gasteiger partial charge on any atom is -0.490 e. The lowest BCUT2D eigenvalue weighted by Crippen LogP contribution is -2.61. The number of β-amino-alcohol motifs (C(OH)–C–C–N with tert-alkyl or cyclic N) is 1. The highest BCUT2D eigenvalue weighted by atomic mass is 35.5. The van der Waals surface area contributed by atoms with Gasteiger partial charge < -0.3 is 14.9 Å². The van der Waals surface area contributed by atoms with Crippen LogP contribution in [0.25, 0.3) is 0 Å². The van der Waals surface area contributed by atoms with Crippen molar-refractivity contribution in [2.24, 2.45) is 0 Å². The standard InChI is InChI=1S/C19H30ClNO3/c1-3-6-16(7-4-2)21-11-10-18(22)19(23,13-21)14-24-17-9-5-8-15(20)12-17/h5,8-9,12,16,18,22-23H,3-4,6-7,10-11,13-14H2,1-2H3/t18-,19-/m0/s1.